The summed E-state index contributed by atoms with van der Waals surface area (Å²) < 4.78 is 0.491. The van der Waals surface area contributed by atoms with Crippen LogP contribution < -0.4 is 4.90 Å². The van der Waals surface area contributed by atoms with E-state index in [0.717, 1.165) is 23.8 Å². The molecule has 0 unspecified atom stereocenters. The second-order valence-corrected chi connectivity index (χ2v) is 6.02. The summed E-state index contributed by atoms with van der Waals surface area (Å²) >= 11 is 11.2. The second-order valence-electron chi connectivity index (χ2n) is 5.17. The molecule has 0 spiro atoms. The Kier molecular flexibility index (Phi) is 4.45. The van der Waals surface area contributed by atoms with Crippen LogP contribution in [-0.4, -0.2) is 42.0 Å². The molecule has 2 heterocycles. The number of hydrogen-bond donors (Lipinski definition) is 1. The average molecular weight is 334 g/mol. The molecule has 6 heteroatoms. The van der Waals surface area contributed by atoms with Gasteiger partial charge in [0.15, 0.2) is 0 Å². The third-order valence-electron chi connectivity index (χ3n) is 3.79. The van der Waals surface area contributed by atoms with Crippen LogP contribution in [0.2, 0.25) is 5.02 Å². The van der Waals surface area contributed by atoms with E-state index in [2.05, 4.69) is 9.88 Å². The lowest BCUT2D eigenvalue weighted by atomic mass is 10.2. The molecule has 114 valence electrons. The summed E-state index contributed by atoms with van der Waals surface area (Å²) in [5, 5.41) is 0.728. The van der Waals surface area contributed by atoms with Crippen LogP contribution in [0.1, 0.15) is 10.4 Å². The van der Waals surface area contributed by atoms with Gasteiger partial charge < -0.3 is 14.8 Å². The minimum absolute atomic E-state index is 0.00686. The highest BCUT2D eigenvalue weighted by Crippen LogP contribution is 2.21. The lowest BCUT2D eigenvalue weighted by molar-refractivity contribution is 0.0746. The van der Waals surface area contributed by atoms with E-state index in [4.69, 9.17) is 23.8 Å². The van der Waals surface area contributed by atoms with E-state index in [-0.39, 0.29) is 5.91 Å². The fourth-order valence-corrected chi connectivity index (χ4v) is 3.01. The van der Waals surface area contributed by atoms with Crippen molar-refractivity contribution in [3.05, 3.63) is 57.8 Å². The van der Waals surface area contributed by atoms with Crippen LogP contribution in [0, 0.1) is 4.64 Å². The maximum Gasteiger partial charge on any atom is 0.256 e. The summed E-state index contributed by atoms with van der Waals surface area (Å²) in [5.41, 5.74) is 1.66. The number of anilines is 1. The quantitative estimate of drug-likeness (QED) is 0.857. The number of aromatic nitrogens is 1. The number of amides is 1. The van der Waals surface area contributed by atoms with Crippen LogP contribution in [0.4, 0.5) is 5.69 Å². The molecule has 1 amide bonds. The zero-order chi connectivity index (χ0) is 15.5. The van der Waals surface area contributed by atoms with Crippen LogP contribution >= 0.6 is 23.8 Å². The SMILES string of the molecule is O=C(c1ccc[nH]c1=S)N1CCN(c2cccc(Cl)c2)CC1. The van der Waals surface area contributed by atoms with Gasteiger partial charge in [0.2, 0.25) is 0 Å². The molecule has 1 aromatic heterocycles. The molecule has 0 radical (unpaired) electrons. The monoisotopic (exact) mass is 333 g/mol. The van der Waals surface area contributed by atoms with E-state index in [1.807, 2.05) is 29.2 Å². The second kappa shape index (κ2) is 6.50. The topological polar surface area (TPSA) is 39.3 Å². The van der Waals surface area contributed by atoms with Crippen molar-refractivity contribution in [1.29, 1.82) is 0 Å². The molecule has 4 nitrogen and oxygen atoms in total. The number of nitrogens with one attached hydrogen (secondary N) is 1. The third-order valence-corrected chi connectivity index (χ3v) is 4.36. The van der Waals surface area contributed by atoms with Gasteiger partial charge in [0.05, 0.1) is 5.56 Å². The first-order chi connectivity index (χ1) is 10.6. The van der Waals surface area contributed by atoms with Crippen molar-refractivity contribution in [3.8, 4) is 0 Å². The Bertz CT molecular complexity index is 738. The molecular formula is C16H16ClN3OS. The molecule has 1 aliphatic rings. The molecule has 0 aliphatic carbocycles. The van der Waals surface area contributed by atoms with Crippen LogP contribution in [0.15, 0.2) is 42.6 Å². The van der Waals surface area contributed by atoms with Gasteiger partial charge in [-0.25, -0.2) is 0 Å². The van der Waals surface area contributed by atoms with Gasteiger partial charge in [-0.15, -0.1) is 0 Å². The van der Waals surface area contributed by atoms with E-state index in [0.29, 0.717) is 23.3 Å². The van der Waals surface area contributed by atoms with E-state index < -0.39 is 0 Å². The lowest BCUT2D eigenvalue weighted by Gasteiger charge is -2.36. The molecule has 3 rings (SSSR count). The summed E-state index contributed by atoms with van der Waals surface area (Å²) in [6.45, 7) is 2.93. The Hall–Kier alpha value is -1.85. The van der Waals surface area contributed by atoms with Crippen molar-refractivity contribution < 1.29 is 4.79 Å². The molecule has 1 aliphatic heterocycles. The smallest absolute Gasteiger partial charge is 0.256 e. The average Bonchev–Trinajstić information content (AvgIpc) is 2.55. The van der Waals surface area contributed by atoms with E-state index in [1.54, 1.807) is 18.3 Å². The number of H-pyrrole nitrogens is 1. The van der Waals surface area contributed by atoms with Gasteiger partial charge in [-0.2, -0.15) is 0 Å². The molecule has 22 heavy (non-hydrogen) atoms. The highest BCUT2D eigenvalue weighted by molar-refractivity contribution is 7.71. The first kappa shape index (κ1) is 15.1. The number of aromatic amines is 1. The van der Waals surface area contributed by atoms with Crippen LogP contribution in [-0.2, 0) is 0 Å². The summed E-state index contributed by atoms with van der Waals surface area (Å²) in [5.74, 6) is -0.00686. The van der Waals surface area contributed by atoms with Gasteiger partial charge in [0, 0.05) is 43.1 Å². The van der Waals surface area contributed by atoms with Gasteiger partial charge in [-0.05, 0) is 30.3 Å². The predicted molar refractivity (Wildman–Crippen MR) is 91.2 cm³/mol. The lowest BCUT2D eigenvalue weighted by Crippen LogP contribution is -2.48. The van der Waals surface area contributed by atoms with Crippen molar-refractivity contribution in [2.24, 2.45) is 0 Å². The number of carbonyl (C=O) groups is 1. The largest absolute Gasteiger partial charge is 0.368 e. The molecule has 0 atom stereocenters. The summed E-state index contributed by atoms with van der Waals surface area (Å²) in [4.78, 5) is 19.5. The van der Waals surface area contributed by atoms with Gasteiger partial charge in [-0.1, -0.05) is 29.9 Å². The van der Waals surface area contributed by atoms with E-state index in [1.165, 1.54) is 0 Å². The summed E-state index contributed by atoms with van der Waals surface area (Å²) in [7, 11) is 0. The van der Waals surface area contributed by atoms with Gasteiger partial charge in [0.25, 0.3) is 5.91 Å². The normalized spacial score (nSPS) is 15.0. The summed E-state index contributed by atoms with van der Waals surface area (Å²) in [6.07, 6.45) is 1.73. The van der Waals surface area contributed by atoms with E-state index in [9.17, 15) is 4.79 Å². The number of rotatable bonds is 2. The Labute approximate surface area is 139 Å². The number of benzene rings is 1. The van der Waals surface area contributed by atoms with Crippen molar-refractivity contribution >= 4 is 35.4 Å². The number of hydrogen-bond acceptors (Lipinski definition) is 3. The molecular weight excluding hydrogens is 318 g/mol. The Balaban J connectivity index is 1.68. The first-order valence-electron chi connectivity index (χ1n) is 7.12. The van der Waals surface area contributed by atoms with Crippen LogP contribution in [0.5, 0.6) is 0 Å². The Morgan fingerprint density at radius 1 is 1.14 bits per heavy atom. The van der Waals surface area contributed by atoms with Crippen molar-refractivity contribution in [1.82, 2.24) is 9.88 Å². The zero-order valence-corrected chi connectivity index (χ0v) is 13.5. The number of piperazine rings is 1. The highest BCUT2D eigenvalue weighted by Gasteiger charge is 2.23. The molecule has 0 saturated carbocycles. The third kappa shape index (κ3) is 3.15. The molecule has 1 aromatic carbocycles. The highest BCUT2D eigenvalue weighted by atomic mass is 35.5. The molecule has 1 N–H and O–H groups in total. The molecule has 2 aromatic rings. The van der Waals surface area contributed by atoms with Gasteiger partial charge in [0.1, 0.15) is 4.64 Å². The molecule has 1 saturated heterocycles. The first-order valence-corrected chi connectivity index (χ1v) is 7.91. The number of halogens is 1. The van der Waals surface area contributed by atoms with Crippen molar-refractivity contribution in [3.63, 3.8) is 0 Å². The van der Waals surface area contributed by atoms with Crippen molar-refractivity contribution in [2.75, 3.05) is 31.1 Å². The standard InChI is InChI=1S/C16H16ClN3OS/c17-12-3-1-4-13(11-12)19-7-9-20(10-8-19)16(21)14-5-2-6-18-15(14)22/h1-6,11H,7-10H2,(H,18,22). The number of carbonyl (C=O) groups excluding carboxylic acids is 1. The molecule has 0 bridgehead atoms. The zero-order valence-electron chi connectivity index (χ0n) is 12.0. The van der Waals surface area contributed by atoms with Crippen LogP contribution in [0.3, 0.4) is 0 Å². The fourth-order valence-electron chi connectivity index (χ4n) is 2.60. The molecule has 1 fully saturated rings. The maximum absolute atomic E-state index is 12.5. The Morgan fingerprint density at radius 3 is 2.59 bits per heavy atom. The maximum atomic E-state index is 12.5. The van der Waals surface area contributed by atoms with E-state index >= 15 is 0 Å². The minimum atomic E-state index is -0.00686. The summed E-state index contributed by atoms with van der Waals surface area (Å²) in [6, 6.07) is 11.4. The Morgan fingerprint density at radius 2 is 1.91 bits per heavy atom. The predicted octanol–water partition coefficient (Wildman–Crippen LogP) is 3.36. The fraction of sp³-hybridized carbons (Fsp3) is 0.250. The minimum Gasteiger partial charge on any atom is -0.368 e. The number of pyridine rings is 1. The van der Waals surface area contributed by atoms with Gasteiger partial charge >= 0.3 is 0 Å². The van der Waals surface area contributed by atoms with Crippen molar-refractivity contribution in [2.45, 2.75) is 0 Å². The van der Waals surface area contributed by atoms with Crippen LogP contribution in [0.25, 0.3) is 0 Å². The van der Waals surface area contributed by atoms with Gasteiger partial charge in [-0.3, -0.25) is 4.79 Å². The number of nitrogens with zero attached hydrogens (tertiary/aromatic N) is 2.